The van der Waals surface area contributed by atoms with E-state index in [-0.39, 0.29) is 0 Å². The molecule has 4 heteroatoms. The summed E-state index contributed by atoms with van der Waals surface area (Å²) in [7, 11) is 1.87. The molecule has 1 aromatic rings. The van der Waals surface area contributed by atoms with Crippen LogP contribution in [0, 0.1) is 0 Å². The molecule has 0 atom stereocenters. The van der Waals surface area contributed by atoms with Crippen LogP contribution in [-0.4, -0.2) is 17.2 Å². The van der Waals surface area contributed by atoms with E-state index in [0.29, 0.717) is 5.82 Å². The van der Waals surface area contributed by atoms with Crippen molar-refractivity contribution in [2.75, 3.05) is 5.73 Å². The van der Waals surface area contributed by atoms with E-state index < -0.39 is 0 Å². The van der Waals surface area contributed by atoms with Crippen LogP contribution in [0.2, 0.25) is 6.82 Å². The molecule has 45 valence electrons. The van der Waals surface area contributed by atoms with Gasteiger partial charge in [-0.25, -0.2) is 4.98 Å². The lowest BCUT2D eigenvalue weighted by molar-refractivity contribution is 1.25. The lowest BCUT2D eigenvalue weighted by Gasteiger charge is -1.92. The van der Waals surface area contributed by atoms with Gasteiger partial charge in [0, 0.05) is 11.8 Å². The Kier molecular flexibility index (Phi) is 1.67. The second kappa shape index (κ2) is 2.48. The van der Waals surface area contributed by atoms with E-state index in [9.17, 15) is 0 Å². The van der Waals surface area contributed by atoms with E-state index in [4.69, 9.17) is 5.73 Å². The van der Waals surface area contributed by atoms with Crippen LogP contribution in [0.3, 0.4) is 0 Å². The molecule has 1 rings (SSSR count). The third-order valence-electron chi connectivity index (χ3n) is 0.988. The van der Waals surface area contributed by atoms with E-state index in [0.717, 1.165) is 5.59 Å². The van der Waals surface area contributed by atoms with Crippen molar-refractivity contribution >= 4 is 18.7 Å². The summed E-state index contributed by atoms with van der Waals surface area (Å²) >= 11 is 0. The normalized spacial score (nSPS) is 9.00. The first-order chi connectivity index (χ1) is 4.33. The summed E-state index contributed by atoms with van der Waals surface area (Å²) in [5.41, 5.74) is 6.14. The quantitative estimate of drug-likeness (QED) is 0.505. The summed E-state index contributed by atoms with van der Waals surface area (Å²) in [6.07, 6.45) is 3.17. The predicted octanol–water partition coefficient (Wildman–Crippen LogP) is -0.564. The van der Waals surface area contributed by atoms with Crippen molar-refractivity contribution in [3.8, 4) is 0 Å². The molecule has 1 radical (unpaired) electrons. The first kappa shape index (κ1) is 6.07. The minimum Gasteiger partial charge on any atom is -0.382 e. The number of anilines is 1. The zero-order valence-electron chi connectivity index (χ0n) is 5.20. The molecule has 0 saturated heterocycles. The predicted molar refractivity (Wildman–Crippen MR) is 37.7 cm³/mol. The Morgan fingerprint density at radius 1 is 1.44 bits per heavy atom. The average Bonchev–Trinajstić information content (AvgIpc) is 1.90. The molecule has 3 nitrogen and oxygen atoms in total. The number of aromatic nitrogens is 2. The van der Waals surface area contributed by atoms with Crippen LogP contribution in [0.25, 0.3) is 0 Å². The van der Waals surface area contributed by atoms with Crippen molar-refractivity contribution in [1.82, 2.24) is 9.97 Å². The van der Waals surface area contributed by atoms with Crippen molar-refractivity contribution in [3.05, 3.63) is 12.4 Å². The van der Waals surface area contributed by atoms with Crippen molar-refractivity contribution in [3.63, 3.8) is 0 Å². The maximum absolute atomic E-state index is 5.29. The highest BCUT2D eigenvalue weighted by molar-refractivity contribution is 6.50. The van der Waals surface area contributed by atoms with Gasteiger partial charge >= 0.3 is 0 Å². The fourth-order valence-corrected chi connectivity index (χ4v) is 0.497. The van der Waals surface area contributed by atoms with Gasteiger partial charge in [-0.2, -0.15) is 0 Å². The maximum Gasteiger partial charge on any atom is 0.176 e. The number of nitrogens with zero attached hydrogens (tertiary/aromatic N) is 2. The number of nitrogens with two attached hydrogens (primary N) is 1. The van der Waals surface area contributed by atoms with Gasteiger partial charge in [-0.1, -0.05) is 6.82 Å². The summed E-state index contributed by atoms with van der Waals surface area (Å²) in [6.45, 7) is 1.90. The van der Waals surface area contributed by atoms with Crippen molar-refractivity contribution in [1.29, 1.82) is 0 Å². The Labute approximate surface area is 54.6 Å². The molecule has 2 N–H and O–H groups in total. The molecular formula is C5H7BN3. The minimum absolute atomic E-state index is 0.459. The highest BCUT2D eigenvalue weighted by Gasteiger charge is 1.89. The van der Waals surface area contributed by atoms with Crippen LogP contribution in [0.5, 0.6) is 0 Å². The van der Waals surface area contributed by atoms with Gasteiger partial charge < -0.3 is 5.73 Å². The molecule has 1 aromatic heterocycles. The molecule has 0 aromatic carbocycles. The molecule has 0 fully saturated rings. The highest BCUT2D eigenvalue weighted by Crippen LogP contribution is 1.84. The second-order valence-electron chi connectivity index (χ2n) is 1.65. The maximum atomic E-state index is 5.29. The smallest absolute Gasteiger partial charge is 0.176 e. The summed E-state index contributed by atoms with van der Waals surface area (Å²) in [4.78, 5) is 7.79. The van der Waals surface area contributed by atoms with Crippen LogP contribution in [-0.2, 0) is 0 Å². The number of hydrogen-bond donors (Lipinski definition) is 1. The molecule has 0 unspecified atom stereocenters. The zero-order valence-corrected chi connectivity index (χ0v) is 5.20. The monoisotopic (exact) mass is 120 g/mol. The lowest BCUT2D eigenvalue weighted by Crippen LogP contribution is -2.15. The van der Waals surface area contributed by atoms with Crippen molar-refractivity contribution in [2.24, 2.45) is 0 Å². The third-order valence-corrected chi connectivity index (χ3v) is 0.988. The highest BCUT2D eigenvalue weighted by atomic mass is 14.9. The molecule has 9 heavy (non-hydrogen) atoms. The van der Waals surface area contributed by atoms with E-state index in [1.54, 1.807) is 6.20 Å². The van der Waals surface area contributed by atoms with Crippen LogP contribution in [0.4, 0.5) is 5.82 Å². The lowest BCUT2D eigenvalue weighted by atomic mass is 9.78. The van der Waals surface area contributed by atoms with E-state index in [2.05, 4.69) is 9.97 Å². The van der Waals surface area contributed by atoms with Gasteiger partial charge in [-0.3, -0.25) is 4.98 Å². The molecular weight excluding hydrogens is 113 g/mol. The molecule has 0 spiro atoms. The summed E-state index contributed by atoms with van der Waals surface area (Å²) < 4.78 is 0. The van der Waals surface area contributed by atoms with Crippen molar-refractivity contribution in [2.45, 2.75) is 6.82 Å². The van der Waals surface area contributed by atoms with E-state index >= 15 is 0 Å². The fourth-order valence-electron chi connectivity index (χ4n) is 0.497. The second-order valence-corrected chi connectivity index (χ2v) is 1.65. The molecule has 0 bridgehead atoms. The van der Waals surface area contributed by atoms with Crippen LogP contribution >= 0.6 is 0 Å². The Bertz CT molecular complexity index is 184. The third kappa shape index (κ3) is 1.42. The van der Waals surface area contributed by atoms with Gasteiger partial charge in [0.05, 0.1) is 6.20 Å². The van der Waals surface area contributed by atoms with Gasteiger partial charge in [0.2, 0.25) is 0 Å². The fraction of sp³-hybridized carbons (Fsp3) is 0.200. The van der Waals surface area contributed by atoms with Crippen LogP contribution in [0.15, 0.2) is 12.4 Å². The molecule has 0 aliphatic heterocycles. The zero-order chi connectivity index (χ0) is 6.69. The SMILES string of the molecule is C[B]c1cnc(N)cn1. The van der Waals surface area contributed by atoms with Crippen LogP contribution < -0.4 is 11.3 Å². The largest absolute Gasteiger partial charge is 0.382 e. The average molecular weight is 120 g/mol. The number of rotatable bonds is 1. The standard InChI is InChI=1S/C5H7BN3/c1-6-4-2-9-5(7)3-8-4/h2-3H,1H3,(H2,7,9). The van der Waals surface area contributed by atoms with Crippen molar-refractivity contribution < 1.29 is 0 Å². The molecule has 0 saturated carbocycles. The number of hydrogen-bond acceptors (Lipinski definition) is 3. The summed E-state index contributed by atoms with van der Waals surface area (Å²) in [5.74, 6) is 0.459. The van der Waals surface area contributed by atoms with Gasteiger partial charge in [0.25, 0.3) is 0 Å². The minimum atomic E-state index is 0.459. The topological polar surface area (TPSA) is 51.8 Å². The first-order valence-corrected chi connectivity index (χ1v) is 2.70. The summed E-state index contributed by atoms with van der Waals surface area (Å²) in [5, 5.41) is 0. The van der Waals surface area contributed by atoms with E-state index in [1.165, 1.54) is 6.20 Å². The van der Waals surface area contributed by atoms with Gasteiger partial charge in [-0.05, 0) is 0 Å². The number of nitrogen functional groups attached to an aromatic ring is 1. The van der Waals surface area contributed by atoms with Crippen LogP contribution in [0.1, 0.15) is 0 Å². The van der Waals surface area contributed by atoms with E-state index in [1.807, 2.05) is 14.1 Å². The van der Waals surface area contributed by atoms with Gasteiger partial charge in [0.15, 0.2) is 7.28 Å². The Hall–Kier alpha value is -1.06. The van der Waals surface area contributed by atoms with Gasteiger partial charge in [0.1, 0.15) is 5.82 Å². The summed E-state index contributed by atoms with van der Waals surface area (Å²) in [6, 6.07) is 0. The Morgan fingerprint density at radius 3 is 2.67 bits per heavy atom. The molecule has 1 heterocycles. The molecule has 0 aliphatic rings. The first-order valence-electron chi connectivity index (χ1n) is 2.70. The Balaban J connectivity index is 2.88. The van der Waals surface area contributed by atoms with Gasteiger partial charge in [-0.15, -0.1) is 0 Å². The Morgan fingerprint density at radius 2 is 2.22 bits per heavy atom. The molecule has 0 aliphatic carbocycles. The molecule has 0 amide bonds.